The molecule has 5 nitrogen and oxygen atoms in total. The molecule has 0 aliphatic heterocycles. The Labute approximate surface area is 164 Å². The summed E-state index contributed by atoms with van der Waals surface area (Å²) in [5.41, 5.74) is 6.48. The maximum atomic E-state index is 12.4. The first-order valence-corrected chi connectivity index (χ1v) is 9.29. The van der Waals surface area contributed by atoms with Crippen molar-refractivity contribution in [3.05, 3.63) is 64.4 Å². The first kappa shape index (κ1) is 19.7. The minimum Gasteiger partial charge on any atom is -0.464 e. The van der Waals surface area contributed by atoms with E-state index < -0.39 is 12.1 Å². The third kappa shape index (κ3) is 4.25. The molecule has 2 aromatic carbocycles. The molecule has 1 aromatic heterocycles. The molecule has 0 saturated carbocycles. The Balaban J connectivity index is 1.65. The summed E-state index contributed by atoms with van der Waals surface area (Å²) in [4.78, 5) is 24.8. The molecule has 0 radical (unpaired) electrons. The van der Waals surface area contributed by atoms with Crippen LogP contribution < -0.4 is 5.32 Å². The minimum absolute atomic E-state index is 0.0522. The minimum atomic E-state index is -0.894. The number of hydrogen-bond acceptors (Lipinski definition) is 4. The van der Waals surface area contributed by atoms with Gasteiger partial charge < -0.3 is 14.5 Å². The second-order valence-corrected chi connectivity index (χ2v) is 7.31. The fraction of sp³-hybridized carbons (Fsp3) is 0.304. The third-order valence-corrected chi connectivity index (χ3v) is 4.93. The molecular formula is C23H25NO4. The number of carbonyl (C=O) groups excluding carboxylic acids is 2. The number of nitrogens with one attached hydrogen (secondary N) is 1. The number of anilines is 1. The second kappa shape index (κ2) is 7.89. The molecule has 28 heavy (non-hydrogen) atoms. The van der Waals surface area contributed by atoms with Gasteiger partial charge in [0, 0.05) is 16.6 Å². The van der Waals surface area contributed by atoms with Gasteiger partial charge in [0.1, 0.15) is 5.58 Å². The number of fused-ring (bicyclic) bond motifs is 1. The molecule has 1 atom stereocenters. The number of ether oxygens (including phenoxy) is 1. The molecule has 1 N–H and O–H groups in total. The lowest BCUT2D eigenvalue weighted by Gasteiger charge is -2.15. The van der Waals surface area contributed by atoms with E-state index in [1.807, 2.05) is 58.0 Å². The van der Waals surface area contributed by atoms with Crippen molar-refractivity contribution in [1.29, 1.82) is 0 Å². The van der Waals surface area contributed by atoms with E-state index in [-0.39, 0.29) is 12.3 Å². The van der Waals surface area contributed by atoms with Crippen LogP contribution in [0.3, 0.4) is 0 Å². The summed E-state index contributed by atoms with van der Waals surface area (Å²) in [6, 6.07) is 9.78. The van der Waals surface area contributed by atoms with Crippen molar-refractivity contribution in [2.75, 3.05) is 5.32 Å². The summed E-state index contributed by atoms with van der Waals surface area (Å²) < 4.78 is 10.9. The number of hydrogen-bond donors (Lipinski definition) is 1. The van der Waals surface area contributed by atoms with Gasteiger partial charge in [-0.15, -0.1) is 0 Å². The molecule has 3 aromatic rings. The number of furan rings is 1. The summed E-state index contributed by atoms with van der Waals surface area (Å²) in [5.74, 6) is -0.824. The Morgan fingerprint density at radius 1 is 1.04 bits per heavy atom. The van der Waals surface area contributed by atoms with Gasteiger partial charge >= 0.3 is 5.97 Å². The number of esters is 1. The van der Waals surface area contributed by atoms with Crippen LogP contribution in [-0.4, -0.2) is 18.0 Å². The van der Waals surface area contributed by atoms with Crippen molar-refractivity contribution in [3.63, 3.8) is 0 Å². The molecule has 1 heterocycles. The molecule has 0 fully saturated rings. The van der Waals surface area contributed by atoms with Crippen molar-refractivity contribution in [3.8, 4) is 0 Å². The van der Waals surface area contributed by atoms with Crippen molar-refractivity contribution in [2.24, 2.45) is 0 Å². The van der Waals surface area contributed by atoms with Crippen LogP contribution in [0.25, 0.3) is 11.0 Å². The second-order valence-electron chi connectivity index (χ2n) is 7.31. The van der Waals surface area contributed by atoms with Gasteiger partial charge in [0.25, 0.3) is 5.91 Å². The van der Waals surface area contributed by atoms with Crippen LogP contribution in [0.1, 0.15) is 34.7 Å². The van der Waals surface area contributed by atoms with E-state index in [1.165, 1.54) is 0 Å². The number of rotatable bonds is 5. The first-order chi connectivity index (χ1) is 13.2. The Kier molecular flexibility index (Phi) is 5.54. The van der Waals surface area contributed by atoms with E-state index in [0.29, 0.717) is 0 Å². The van der Waals surface area contributed by atoms with Crippen molar-refractivity contribution in [2.45, 2.75) is 47.1 Å². The largest absolute Gasteiger partial charge is 0.464 e. The third-order valence-electron chi connectivity index (χ3n) is 4.93. The van der Waals surface area contributed by atoms with E-state index in [4.69, 9.17) is 9.15 Å². The predicted molar refractivity (Wildman–Crippen MR) is 109 cm³/mol. The van der Waals surface area contributed by atoms with Gasteiger partial charge in [0.15, 0.2) is 6.10 Å². The fourth-order valence-corrected chi connectivity index (χ4v) is 3.03. The van der Waals surface area contributed by atoms with Crippen molar-refractivity contribution in [1.82, 2.24) is 0 Å². The highest BCUT2D eigenvalue weighted by Gasteiger charge is 2.20. The fourth-order valence-electron chi connectivity index (χ4n) is 3.03. The Bertz CT molecular complexity index is 1050. The molecule has 5 heteroatoms. The topological polar surface area (TPSA) is 68.5 Å². The Morgan fingerprint density at radius 3 is 2.50 bits per heavy atom. The predicted octanol–water partition coefficient (Wildman–Crippen LogP) is 4.78. The van der Waals surface area contributed by atoms with Crippen LogP contribution in [0, 0.1) is 27.7 Å². The summed E-state index contributed by atoms with van der Waals surface area (Å²) >= 11 is 0. The molecule has 0 aliphatic carbocycles. The normalized spacial score (nSPS) is 12.0. The van der Waals surface area contributed by atoms with Gasteiger partial charge in [-0.2, -0.15) is 0 Å². The smallest absolute Gasteiger partial charge is 0.311 e. The van der Waals surface area contributed by atoms with Gasteiger partial charge in [-0.25, -0.2) is 0 Å². The number of benzene rings is 2. The van der Waals surface area contributed by atoms with E-state index in [9.17, 15) is 9.59 Å². The van der Waals surface area contributed by atoms with Crippen LogP contribution in [-0.2, 0) is 20.7 Å². The summed E-state index contributed by atoms with van der Waals surface area (Å²) in [6.45, 7) is 9.47. The molecule has 0 unspecified atom stereocenters. The van der Waals surface area contributed by atoms with E-state index in [2.05, 4.69) is 5.32 Å². The lowest BCUT2D eigenvalue weighted by molar-refractivity contribution is -0.152. The van der Waals surface area contributed by atoms with Crippen molar-refractivity contribution < 1.29 is 18.7 Å². The van der Waals surface area contributed by atoms with Crippen LogP contribution in [0.15, 0.2) is 41.0 Å². The average Bonchev–Trinajstić information content (AvgIpc) is 3.00. The van der Waals surface area contributed by atoms with Gasteiger partial charge in [-0.05, 0) is 75.1 Å². The zero-order valence-corrected chi connectivity index (χ0v) is 16.9. The Morgan fingerprint density at radius 2 is 1.75 bits per heavy atom. The van der Waals surface area contributed by atoms with Gasteiger partial charge in [-0.1, -0.05) is 12.1 Å². The molecule has 146 valence electrons. The summed E-state index contributed by atoms with van der Waals surface area (Å²) in [7, 11) is 0. The number of aryl methyl sites for hydroxylation is 4. The SMILES string of the molecule is Cc1ccc(C)c(NC(=O)[C@H](C)OC(=O)Cc2coc3cc(C)c(C)cc23)c1. The first-order valence-electron chi connectivity index (χ1n) is 9.29. The van der Waals surface area contributed by atoms with Crippen LogP contribution in [0.4, 0.5) is 5.69 Å². The molecule has 3 rings (SSSR count). The quantitative estimate of drug-likeness (QED) is 0.648. The number of amides is 1. The highest BCUT2D eigenvalue weighted by molar-refractivity contribution is 5.96. The summed E-state index contributed by atoms with van der Waals surface area (Å²) in [6.07, 6.45) is 0.733. The summed E-state index contributed by atoms with van der Waals surface area (Å²) in [5, 5.41) is 3.72. The van der Waals surface area contributed by atoms with Crippen molar-refractivity contribution >= 4 is 28.5 Å². The lowest BCUT2D eigenvalue weighted by Crippen LogP contribution is -2.30. The maximum Gasteiger partial charge on any atom is 0.311 e. The molecule has 0 spiro atoms. The standard InChI is InChI=1S/C23H25NO4/c1-13-6-7-14(2)20(8-13)24-23(26)17(5)28-22(25)11-18-12-27-21-10-16(4)15(3)9-19(18)21/h6-10,12,17H,11H2,1-5H3,(H,24,26)/t17-/m0/s1. The molecule has 1 amide bonds. The maximum absolute atomic E-state index is 12.4. The van der Waals surface area contributed by atoms with Crippen LogP contribution in [0.5, 0.6) is 0 Å². The average molecular weight is 379 g/mol. The Hall–Kier alpha value is -3.08. The van der Waals surface area contributed by atoms with E-state index >= 15 is 0 Å². The lowest BCUT2D eigenvalue weighted by atomic mass is 10.0. The van der Waals surface area contributed by atoms with Gasteiger partial charge in [0.2, 0.25) is 0 Å². The monoisotopic (exact) mass is 379 g/mol. The highest BCUT2D eigenvalue weighted by atomic mass is 16.5. The molecule has 0 bridgehead atoms. The van der Waals surface area contributed by atoms with Crippen LogP contribution >= 0.6 is 0 Å². The molecular weight excluding hydrogens is 354 g/mol. The number of carbonyl (C=O) groups is 2. The van der Waals surface area contributed by atoms with E-state index in [1.54, 1.807) is 13.2 Å². The molecule has 0 aliphatic rings. The molecule has 0 saturated heterocycles. The van der Waals surface area contributed by atoms with Gasteiger partial charge in [-0.3, -0.25) is 9.59 Å². The highest BCUT2D eigenvalue weighted by Crippen LogP contribution is 2.25. The van der Waals surface area contributed by atoms with E-state index in [0.717, 1.165) is 44.5 Å². The zero-order chi connectivity index (χ0) is 20.4. The van der Waals surface area contributed by atoms with Gasteiger partial charge in [0.05, 0.1) is 12.7 Å². The zero-order valence-electron chi connectivity index (χ0n) is 16.9. The van der Waals surface area contributed by atoms with Crippen LogP contribution in [0.2, 0.25) is 0 Å².